The molecular weight excluding hydrogens is 430 g/mol. The number of pyridine rings is 1. The maximum Gasteiger partial charge on any atom is 0.416 e. The number of benzene rings is 1. The van der Waals surface area contributed by atoms with Gasteiger partial charge in [0.15, 0.2) is 0 Å². The van der Waals surface area contributed by atoms with Gasteiger partial charge in [0.25, 0.3) is 0 Å². The molecule has 2 aromatic rings. The molecule has 2 heterocycles. The molecule has 1 saturated heterocycles. The highest BCUT2D eigenvalue weighted by Gasteiger charge is 2.38. The van der Waals surface area contributed by atoms with E-state index in [1.54, 1.807) is 16.0 Å². The number of hydrogen-bond donors (Lipinski definition) is 0. The molecule has 0 unspecified atom stereocenters. The van der Waals surface area contributed by atoms with Crippen molar-refractivity contribution in [3.05, 3.63) is 59.8 Å². The summed E-state index contributed by atoms with van der Waals surface area (Å²) in [6.45, 7) is 6.47. The Morgan fingerprint density at radius 2 is 1.76 bits per heavy atom. The van der Waals surface area contributed by atoms with Gasteiger partial charge in [0.2, 0.25) is 0 Å². The number of carbonyl (C=O) groups excluding carboxylic acids is 2. The summed E-state index contributed by atoms with van der Waals surface area (Å²) in [5.41, 5.74) is 1.21. The van der Waals surface area contributed by atoms with E-state index in [-0.39, 0.29) is 30.9 Å². The van der Waals surface area contributed by atoms with Crippen LogP contribution < -0.4 is 4.90 Å². The maximum absolute atomic E-state index is 13.3. The van der Waals surface area contributed by atoms with Gasteiger partial charge in [-0.25, -0.2) is 14.6 Å². The molecule has 1 aromatic heterocycles. The van der Waals surface area contributed by atoms with E-state index in [4.69, 9.17) is 9.47 Å². The van der Waals surface area contributed by atoms with Crippen LogP contribution in [0.15, 0.2) is 48.7 Å². The molecule has 7 nitrogen and oxygen atoms in total. The second-order valence-corrected chi connectivity index (χ2v) is 10.1. The fourth-order valence-electron chi connectivity index (χ4n) is 4.86. The van der Waals surface area contributed by atoms with Crippen molar-refractivity contribution in [2.24, 2.45) is 0 Å². The third-order valence-corrected chi connectivity index (χ3v) is 6.38. The van der Waals surface area contributed by atoms with E-state index in [2.05, 4.69) is 4.98 Å². The van der Waals surface area contributed by atoms with E-state index in [1.165, 1.54) is 0 Å². The van der Waals surface area contributed by atoms with Crippen molar-refractivity contribution < 1.29 is 19.1 Å². The SMILES string of the molecule is CC(C)(C)OC(=O)N(c1ncccc1[C@@H]1CCCN1C(=O)OCc1ccccc1)C1CCCC1. The molecule has 4 rings (SSSR count). The summed E-state index contributed by atoms with van der Waals surface area (Å²) < 4.78 is 11.4. The molecule has 7 heteroatoms. The van der Waals surface area contributed by atoms with Gasteiger partial charge in [-0.3, -0.25) is 4.90 Å². The van der Waals surface area contributed by atoms with Crippen molar-refractivity contribution in [2.75, 3.05) is 11.4 Å². The van der Waals surface area contributed by atoms with Gasteiger partial charge < -0.3 is 14.4 Å². The average molecular weight is 466 g/mol. The highest BCUT2D eigenvalue weighted by molar-refractivity contribution is 5.88. The second-order valence-electron chi connectivity index (χ2n) is 10.1. The molecule has 34 heavy (non-hydrogen) atoms. The molecule has 0 bridgehead atoms. The Bertz CT molecular complexity index is 983. The van der Waals surface area contributed by atoms with Gasteiger partial charge in [-0.05, 0) is 58.1 Å². The predicted octanol–water partition coefficient (Wildman–Crippen LogP) is 6.24. The smallest absolute Gasteiger partial charge is 0.416 e. The van der Waals surface area contributed by atoms with Crippen LogP contribution in [0.2, 0.25) is 0 Å². The first-order chi connectivity index (χ1) is 16.3. The quantitative estimate of drug-likeness (QED) is 0.523. The van der Waals surface area contributed by atoms with Gasteiger partial charge in [-0.2, -0.15) is 0 Å². The number of ether oxygens (including phenoxy) is 2. The van der Waals surface area contributed by atoms with Crippen molar-refractivity contribution in [3.8, 4) is 0 Å². The van der Waals surface area contributed by atoms with Crippen LogP contribution in [0.25, 0.3) is 0 Å². The summed E-state index contributed by atoms with van der Waals surface area (Å²) in [4.78, 5) is 34.5. The van der Waals surface area contributed by atoms with Gasteiger partial charge in [0.1, 0.15) is 18.0 Å². The van der Waals surface area contributed by atoms with Crippen molar-refractivity contribution in [1.29, 1.82) is 0 Å². The Balaban J connectivity index is 1.59. The summed E-state index contributed by atoms with van der Waals surface area (Å²) in [5, 5.41) is 0. The van der Waals surface area contributed by atoms with Gasteiger partial charge in [0.05, 0.1) is 6.04 Å². The average Bonchev–Trinajstić information content (AvgIpc) is 3.50. The maximum atomic E-state index is 13.3. The lowest BCUT2D eigenvalue weighted by Gasteiger charge is -2.34. The van der Waals surface area contributed by atoms with Crippen LogP contribution in [0.1, 0.15) is 76.5 Å². The van der Waals surface area contributed by atoms with Crippen LogP contribution in [-0.2, 0) is 16.1 Å². The zero-order chi connectivity index (χ0) is 24.1. The van der Waals surface area contributed by atoms with Crippen LogP contribution in [0.5, 0.6) is 0 Å². The van der Waals surface area contributed by atoms with Crippen molar-refractivity contribution in [3.63, 3.8) is 0 Å². The minimum absolute atomic E-state index is 0.0448. The third kappa shape index (κ3) is 5.69. The normalized spacial score (nSPS) is 18.7. The number of amides is 2. The summed E-state index contributed by atoms with van der Waals surface area (Å²) >= 11 is 0. The summed E-state index contributed by atoms with van der Waals surface area (Å²) in [6, 6.07) is 13.4. The topological polar surface area (TPSA) is 72.0 Å². The Morgan fingerprint density at radius 3 is 2.47 bits per heavy atom. The Hall–Kier alpha value is -3.09. The van der Waals surface area contributed by atoms with Crippen molar-refractivity contribution in [2.45, 2.75) is 83.6 Å². The van der Waals surface area contributed by atoms with Crippen LogP contribution in [0.4, 0.5) is 15.4 Å². The number of rotatable bonds is 5. The number of aromatic nitrogens is 1. The fraction of sp³-hybridized carbons (Fsp3) is 0.519. The van der Waals surface area contributed by atoms with E-state index in [0.29, 0.717) is 12.4 Å². The van der Waals surface area contributed by atoms with Gasteiger partial charge in [-0.1, -0.05) is 49.2 Å². The van der Waals surface area contributed by atoms with Gasteiger partial charge >= 0.3 is 12.2 Å². The zero-order valence-electron chi connectivity index (χ0n) is 20.4. The first-order valence-electron chi connectivity index (χ1n) is 12.3. The van der Waals surface area contributed by atoms with Crippen molar-refractivity contribution in [1.82, 2.24) is 9.88 Å². The van der Waals surface area contributed by atoms with Gasteiger partial charge in [-0.15, -0.1) is 0 Å². The molecule has 0 spiro atoms. The highest BCUT2D eigenvalue weighted by atomic mass is 16.6. The van der Waals surface area contributed by atoms with E-state index in [1.807, 2.05) is 63.2 Å². The number of carbonyl (C=O) groups is 2. The molecule has 1 aliphatic carbocycles. The van der Waals surface area contributed by atoms with E-state index in [9.17, 15) is 9.59 Å². The first-order valence-corrected chi connectivity index (χ1v) is 12.3. The number of anilines is 1. The summed E-state index contributed by atoms with van der Waals surface area (Å²) in [6.07, 6.45) is 6.65. The molecule has 0 N–H and O–H groups in total. The molecule has 182 valence electrons. The number of hydrogen-bond acceptors (Lipinski definition) is 5. The Labute approximate surface area is 202 Å². The van der Waals surface area contributed by atoms with E-state index >= 15 is 0 Å². The number of likely N-dealkylation sites (tertiary alicyclic amines) is 1. The minimum atomic E-state index is -0.608. The van der Waals surface area contributed by atoms with Crippen LogP contribution >= 0.6 is 0 Å². The van der Waals surface area contributed by atoms with E-state index < -0.39 is 5.60 Å². The van der Waals surface area contributed by atoms with E-state index in [0.717, 1.165) is 49.7 Å². The second kappa shape index (κ2) is 10.5. The monoisotopic (exact) mass is 465 g/mol. The van der Waals surface area contributed by atoms with Crippen LogP contribution in [0.3, 0.4) is 0 Å². The molecule has 2 aliphatic rings. The molecule has 2 amide bonds. The fourth-order valence-corrected chi connectivity index (χ4v) is 4.86. The predicted molar refractivity (Wildman–Crippen MR) is 131 cm³/mol. The first kappa shape index (κ1) is 24.0. The molecule has 1 atom stereocenters. The summed E-state index contributed by atoms with van der Waals surface area (Å²) in [5.74, 6) is 0.594. The minimum Gasteiger partial charge on any atom is -0.445 e. The lowest BCUT2D eigenvalue weighted by Crippen LogP contribution is -2.44. The third-order valence-electron chi connectivity index (χ3n) is 6.38. The van der Waals surface area contributed by atoms with Crippen molar-refractivity contribution >= 4 is 18.0 Å². The van der Waals surface area contributed by atoms with Crippen LogP contribution in [0, 0.1) is 0 Å². The lowest BCUT2D eigenvalue weighted by atomic mass is 10.0. The molecule has 2 fully saturated rings. The largest absolute Gasteiger partial charge is 0.445 e. The van der Waals surface area contributed by atoms with Crippen LogP contribution in [-0.4, -0.2) is 40.3 Å². The molecule has 1 aromatic carbocycles. The Morgan fingerprint density at radius 1 is 1.03 bits per heavy atom. The molecule has 1 saturated carbocycles. The molecular formula is C27H35N3O4. The lowest BCUT2D eigenvalue weighted by molar-refractivity contribution is 0.0564. The zero-order valence-corrected chi connectivity index (χ0v) is 20.4. The number of nitrogens with zero attached hydrogens (tertiary/aromatic N) is 3. The Kier molecular flexibility index (Phi) is 7.39. The molecule has 0 radical (unpaired) electrons. The highest BCUT2D eigenvalue weighted by Crippen LogP contribution is 2.39. The standard InChI is InChI=1S/C27H35N3O4/c1-27(2,3)34-26(32)30(21-13-7-8-14-21)24-22(15-9-17-28-24)23-16-10-18-29(23)25(31)33-19-20-11-5-4-6-12-20/h4-6,9,11-12,15,17,21,23H,7-8,10,13-14,16,18-19H2,1-3H3/t23-/m0/s1. The summed E-state index contributed by atoms with van der Waals surface area (Å²) in [7, 11) is 0. The van der Waals surface area contributed by atoms with Gasteiger partial charge in [0, 0.05) is 24.3 Å². The molecule has 1 aliphatic heterocycles.